The molecule has 0 aliphatic carbocycles. The van der Waals surface area contributed by atoms with Gasteiger partial charge < -0.3 is 0 Å². The molecule has 0 aromatic rings. The van der Waals surface area contributed by atoms with Crippen molar-refractivity contribution in [1.82, 2.24) is 0 Å². The molecule has 0 N–H and O–H groups in total. The highest BCUT2D eigenvalue weighted by atomic mass is 32.2. The summed E-state index contributed by atoms with van der Waals surface area (Å²) in [7, 11) is 0. The van der Waals surface area contributed by atoms with Gasteiger partial charge in [0.15, 0.2) is 0 Å². The highest BCUT2D eigenvalue weighted by Crippen LogP contribution is 2.19. The van der Waals surface area contributed by atoms with E-state index in [-0.39, 0.29) is 0 Å². The molecule has 1 heterocycles. The van der Waals surface area contributed by atoms with Gasteiger partial charge in [-0.25, -0.2) is 0 Å². The first kappa shape index (κ1) is 9.91. The number of hydrogen-bond donors (Lipinski definition) is 0. The summed E-state index contributed by atoms with van der Waals surface area (Å²) in [4.78, 5) is 0. The lowest BCUT2D eigenvalue weighted by molar-refractivity contribution is 0.668. The molecule has 1 heteroatoms. The second kappa shape index (κ2) is 6.36. The van der Waals surface area contributed by atoms with E-state index in [1.54, 1.807) is 0 Å². The number of unbranched alkanes of at least 4 members (excludes halogenated alkanes) is 3. The third kappa shape index (κ3) is 4.01. The molecular formula is C11H18S. The molecule has 1 aliphatic rings. The van der Waals surface area contributed by atoms with Gasteiger partial charge >= 0.3 is 0 Å². The van der Waals surface area contributed by atoms with Crippen LogP contribution >= 0.6 is 11.8 Å². The van der Waals surface area contributed by atoms with Crippen molar-refractivity contribution >= 4 is 11.8 Å². The second-order valence-corrected chi connectivity index (χ2v) is 4.14. The molecule has 1 rings (SSSR count). The molecule has 0 saturated carbocycles. The van der Waals surface area contributed by atoms with Gasteiger partial charge in [-0.1, -0.05) is 38.3 Å². The molecule has 0 fully saturated rings. The van der Waals surface area contributed by atoms with Crippen molar-refractivity contribution in [3.05, 3.63) is 23.1 Å². The normalized spacial score (nSPS) is 16.2. The van der Waals surface area contributed by atoms with E-state index in [9.17, 15) is 0 Å². The van der Waals surface area contributed by atoms with Crippen LogP contribution in [0.1, 0.15) is 39.0 Å². The standard InChI is InChI=1S/C11H18S/c1-2-3-4-5-7-11-8-6-9-12-10-11/h6,8,10H,2-5,7,9H2,1H3. The van der Waals surface area contributed by atoms with Crippen LogP contribution in [0.5, 0.6) is 0 Å². The van der Waals surface area contributed by atoms with Crippen LogP contribution in [-0.4, -0.2) is 5.75 Å². The Balaban J connectivity index is 2.06. The van der Waals surface area contributed by atoms with Crippen LogP contribution in [0.4, 0.5) is 0 Å². The van der Waals surface area contributed by atoms with Crippen molar-refractivity contribution in [2.75, 3.05) is 5.75 Å². The SMILES string of the molecule is CCCCCCC1=CSCC=C1. The smallest absolute Gasteiger partial charge is 0.0158 e. The zero-order valence-electron chi connectivity index (χ0n) is 7.88. The summed E-state index contributed by atoms with van der Waals surface area (Å²) in [6.07, 6.45) is 11.3. The third-order valence-electron chi connectivity index (χ3n) is 2.08. The molecule has 0 amide bonds. The van der Waals surface area contributed by atoms with E-state index in [0.29, 0.717) is 0 Å². The van der Waals surface area contributed by atoms with Crippen molar-refractivity contribution in [3.63, 3.8) is 0 Å². The lowest BCUT2D eigenvalue weighted by Crippen LogP contribution is -1.85. The summed E-state index contributed by atoms with van der Waals surface area (Å²) < 4.78 is 0. The van der Waals surface area contributed by atoms with Crippen molar-refractivity contribution in [2.45, 2.75) is 39.0 Å². The van der Waals surface area contributed by atoms with Gasteiger partial charge in [-0.05, 0) is 23.8 Å². The lowest BCUT2D eigenvalue weighted by Gasteiger charge is -2.05. The Hall–Kier alpha value is -0.170. The zero-order valence-corrected chi connectivity index (χ0v) is 8.70. The van der Waals surface area contributed by atoms with Gasteiger partial charge in [0.05, 0.1) is 0 Å². The first-order valence-corrected chi connectivity index (χ1v) is 5.95. The van der Waals surface area contributed by atoms with E-state index in [0.717, 1.165) is 0 Å². The fraction of sp³-hybridized carbons (Fsp3) is 0.636. The fourth-order valence-corrected chi connectivity index (χ4v) is 2.06. The lowest BCUT2D eigenvalue weighted by atomic mass is 10.1. The number of hydrogen-bond acceptors (Lipinski definition) is 1. The summed E-state index contributed by atoms with van der Waals surface area (Å²) in [6, 6.07) is 0. The molecule has 0 aromatic heterocycles. The Morgan fingerprint density at radius 2 is 2.25 bits per heavy atom. The van der Waals surface area contributed by atoms with Crippen LogP contribution in [0.3, 0.4) is 0 Å². The van der Waals surface area contributed by atoms with E-state index in [1.807, 2.05) is 11.8 Å². The molecule has 0 saturated heterocycles. The monoisotopic (exact) mass is 182 g/mol. The van der Waals surface area contributed by atoms with Crippen LogP contribution in [-0.2, 0) is 0 Å². The van der Waals surface area contributed by atoms with Gasteiger partial charge in [-0.3, -0.25) is 0 Å². The van der Waals surface area contributed by atoms with Gasteiger partial charge in [0.2, 0.25) is 0 Å². The average Bonchev–Trinajstić information content (AvgIpc) is 2.14. The van der Waals surface area contributed by atoms with E-state index >= 15 is 0 Å². The Bertz CT molecular complexity index is 168. The molecular weight excluding hydrogens is 164 g/mol. The summed E-state index contributed by atoms with van der Waals surface area (Å²) in [5, 5.41) is 2.31. The minimum atomic E-state index is 1.17. The molecule has 0 bridgehead atoms. The summed E-state index contributed by atoms with van der Waals surface area (Å²) in [6.45, 7) is 2.26. The molecule has 0 nitrogen and oxygen atoms in total. The molecule has 0 atom stereocenters. The largest absolute Gasteiger partial charge is 0.130 e. The second-order valence-electron chi connectivity index (χ2n) is 3.24. The summed E-state index contributed by atoms with van der Waals surface area (Å²) in [5.74, 6) is 1.17. The summed E-state index contributed by atoms with van der Waals surface area (Å²) >= 11 is 1.92. The Morgan fingerprint density at radius 3 is 2.92 bits per heavy atom. The molecule has 68 valence electrons. The van der Waals surface area contributed by atoms with Crippen molar-refractivity contribution in [2.24, 2.45) is 0 Å². The molecule has 0 radical (unpaired) electrons. The van der Waals surface area contributed by atoms with Gasteiger partial charge in [0, 0.05) is 5.75 Å². The van der Waals surface area contributed by atoms with E-state index in [4.69, 9.17) is 0 Å². The summed E-state index contributed by atoms with van der Waals surface area (Å²) in [5.41, 5.74) is 1.53. The maximum atomic E-state index is 2.31. The van der Waals surface area contributed by atoms with Crippen LogP contribution in [0.2, 0.25) is 0 Å². The van der Waals surface area contributed by atoms with Gasteiger partial charge in [0.25, 0.3) is 0 Å². The predicted molar refractivity (Wildman–Crippen MR) is 58.4 cm³/mol. The van der Waals surface area contributed by atoms with Crippen LogP contribution in [0.15, 0.2) is 23.1 Å². The topological polar surface area (TPSA) is 0 Å². The van der Waals surface area contributed by atoms with Crippen molar-refractivity contribution < 1.29 is 0 Å². The quantitative estimate of drug-likeness (QED) is 0.576. The Labute approximate surface area is 80.1 Å². The average molecular weight is 182 g/mol. The number of rotatable bonds is 5. The maximum Gasteiger partial charge on any atom is 0.0158 e. The Kier molecular flexibility index (Phi) is 5.25. The zero-order chi connectivity index (χ0) is 8.65. The molecule has 12 heavy (non-hydrogen) atoms. The van der Waals surface area contributed by atoms with E-state index < -0.39 is 0 Å². The van der Waals surface area contributed by atoms with E-state index in [2.05, 4.69) is 24.5 Å². The van der Waals surface area contributed by atoms with Crippen molar-refractivity contribution in [1.29, 1.82) is 0 Å². The maximum absolute atomic E-state index is 2.31. The van der Waals surface area contributed by atoms with Crippen LogP contribution in [0, 0.1) is 0 Å². The molecule has 0 spiro atoms. The fourth-order valence-electron chi connectivity index (χ4n) is 1.35. The van der Waals surface area contributed by atoms with E-state index in [1.165, 1.54) is 43.4 Å². The van der Waals surface area contributed by atoms with Crippen molar-refractivity contribution in [3.8, 4) is 0 Å². The van der Waals surface area contributed by atoms with Gasteiger partial charge in [-0.2, -0.15) is 0 Å². The molecule has 0 unspecified atom stereocenters. The van der Waals surface area contributed by atoms with Gasteiger partial charge in [0.1, 0.15) is 0 Å². The first-order chi connectivity index (χ1) is 5.93. The highest BCUT2D eigenvalue weighted by Gasteiger charge is 1.96. The van der Waals surface area contributed by atoms with Crippen LogP contribution in [0.25, 0.3) is 0 Å². The predicted octanol–water partition coefficient (Wildman–Crippen LogP) is 4.14. The van der Waals surface area contributed by atoms with Gasteiger partial charge in [-0.15, -0.1) is 11.8 Å². The minimum Gasteiger partial charge on any atom is -0.130 e. The molecule has 0 aromatic carbocycles. The first-order valence-electron chi connectivity index (χ1n) is 4.90. The third-order valence-corrected chi connectivity index (χ3v) is 2.93. The number of thioether (sulfide) groups is 1. The minimum absolute atomic E-state index is 1.17. The van der Waals surface area contributed by atoms with Crippen LogP contribution < -0.4 is 0 Å². The Morgan fingerprint density at radius 1 is 1.33 bits per heavy atom. The highest BCUT2D eigenvalue weighted by molar-refractivity contribution is 8.02. The molecule has 1 aliphatic heterocycles. The number of allylic oxidation sites excluding steroid dienone is 2.